The maximum absolute atomic E-state index is 11.0. The van der Waals surface area contributed by atoms with E-state index in [1.807, 2.05) is 0 Å². The monoisotopic (exact) mass is 246 g/mol. The molecule has 0 radical (unpaired) electrons. The van der Waals surface area contributed by atoms with Gasteiger partial charge < -0.3 is 25.6 Å². The van der Waals surface area contributed by atoms with Crippen molar-refractivity contribution in [1.29, 1.82) is 0 Å². The maximum atomic E-state index is 11.0. The molecule has 0 rings (SSSR count). The first-order valence-corrected chi connectivity index (χ1v) is 5.05. The van der Waals surface area contributed by atoms with E-state index in [4.69, 9.17) is 15.2 Å². The van der Waals surface area contributed by atoms with Crippen LogP contribution in [0.3, 0.4) is 0 Å². The van der Waals surface area contributed by atoms with Crippen molar-refractivity contribution >= 4 is 12.0 Å². The molecular formula is C10H18N2O5. The number of aliphatic hydroxyl groups excluding tert-OH is 1. The summed E-state index contributed by atoms with van der Waals surface area (Å²) in [6.45, 7) is 5.23. The zero-order valence-electron chi connectivity index (χ0n) is 9.77. The van der Waals surface area contributed by atoms with Crippen molar-refractivity contribution in [3.63, 3.8) is 0 Å². The van der Waals surface area contributed by atoms with E-state index in [1.165, 1.54) is 6.92 Å². The third-order valence-corrected chi connectivity index (χ3v) is 1.61. The fourth-order valence-electron chi connectivity index (χ4n) is 0.809. The van der Waals surface area contributed by atoms with Crippen LogP contribution >= 0.6 is 0 Å². The molecule has 0 fully saturated rings. The predicted molar refractivity (Wildman–Crippen MR) is 60.2 cm³/mol. The number of nitrogens with one attached hydrogen (secondary N) is 1. The van der Waals surface area contributed by atoms with Gasteiger partial charge in [-0.05, 0) is 6.92 Å². The summed E-state index contributed by atoms with van der Waals surface area (Å²) in [6, 6.07) is -0.635. The van der Waals surface area contributed by atoms with Gasteiger partial charge in [-0.1, -0.05) is 6.58 Å². The molecule has 0 heterocycles. The van der Waals surface area contributed by atoms with Crippen LogP contribution in [0.2, 0.25) is 0 Å². The number of carbonyl (C=O) groups is 2. The maximum Gasteiger partial charge on any atom is 0.333 e. The molecule has 98 valence electrons. The molecule has 0 aromatic rings. The Kier molecular flexibility index (Phi) is 7.74. The van der Waals surface area contributed by atoms with E-state index in [1.54, 1.807) is 0 Å². The largest absolute Gasteiger partial charge is 0.460 e. The molecule has 0 aliphatic rings. The number of hydrogen-bond donors (Lipinski definition) is 3. The third-order valence-electron chi connectivity index (χ3n) is 1.61. The number of amides is 2. The number of carbonyl (C=O) groups excluding carboxylic acids is 2. The Bertz CT molecular complexity index is 280. The highest BCUT2D eigenvalue weighted by atomic mass is 16.5. The summed E-state index contributed by atoms with van der Waals surface area (Å²) in [5, 5.41) is 11.7. The second-order valence-electron chi connectivity index (χ2n) is 3.40. The lowest BCUT2D eigenvalue weighted by Gasteiger charge is -2.11. The quantitative estimate of drug-likeness (QED) is 0.293. The molecule has 4 N–H and O–H groups in total. The fraction of sp³-hybridized carbons (Fsp3) is 0.600. The number of rotatable bonds is 8. The highest BCUT2D eigenvalue weighted by molar-refractivity contribution is 5.86. The molecule has 0 bridgehead atoms. The first-order valence-electron chi connectivity index (χ1n) is 5.05. The van der Waals surface area contributed by atoms with Crippen molar-refractivity contribution in [3.05, 3.63) is 12.2 Å². The van der Waals surface area contributed by atoms with Gasteiger partial charge >= 0.3 is 12.0 Å². The molecule has 17 heavy (non-hydrogen) atoms. The molecule has 0 spiro atoms. The fourth-order valence-corrected chi connectivity index (χ4v) is 0.809. The van der Waals surface area contributed by atoms with Crippen LogP contribution in [-0.4, -0.2) is 49.6 Å². The van der Waals surface area contributed by atoms with Gasteiger partial charge in [-0.15, -0.1) is 0 Å². The summed E-state index contributed by atoms with van der Waals surface area (Å²) >= 11 is 0. The molecule has 0 saturated carbocycles. The number of nitrogens with two attached hydrogens (primary N) is 1. The molecule has 1 unspecified atom stereocenters. The van der Waals surface area contributed by atoms with Gasteiger partial charge in [0.1, 0.15) is 12.7 Å². The second kappa shape index (κ2) is 8.54. The molecule has 0 aromatic heterocycles. The Morgan fingerprint density at radius 1 is 1.47 bits per heavy atom. The van der Waals surface area contributed by atoms with Gasteiger partial charge in [-0.2, -0.15) is 0 Å². The zero-order valence-corrected chi connectivity index (χ0v) is 9.77. The van der Waals surface area contributed by atoms with Gasteiger partial charge in [-0.25, -0.2) is 9.59 Å². The van der Waals surface area contributed by atoms with Crippen LogP contribution in [0, 0.1) is 0 Å². The highest BCUT2D eigenvalue weighted by Crippen LogP contribution is 1.94. The minimum atomic E-state index is -0.910. The van der Waals surface area contributed by atoms with Crippen LogP contribution in [0.1, 0.15) is 6.92 Å². The normalized spacial score (nSPS) is 11.6. The lowest BCUT2D eigenvalue weighted by atomic mass is 10.3. The Morgan fingerprint density at radius 2 is 2.12 bits per heavy atom. The second-order valence-corrected chi connectivity index (χ2v) is 3.40. The SMILES string of the molecule is C=C(C)C(=O)OCC(O)COCCNC(N)=O. The molecule has 0 saturated heterocycles. The first kappa shape index (κ1) is 15.4. The summed E-state index contributed by atoms with van der Waals surface area (Å²) in [5.74, 6) is -0.556. The minimum absolute atomic E-state index is 0.00388. The molecular weight excluding hydrogens is 228 g/mol. The summed E-state index contributed by atoms with van der Waals surface area (Å²) in [6.07, 6.45) is -0.910. The Labute approximate surface area is 99.6 Å². The Morgan fingerprint density at radius 3 is 2.65 bits per heavy atom. The van der Waals surface area contributed by atoms with E-state index in [0.29, 0.717) is 0 Å². The first-order chi connectivity index (χ1) is 7.93. The lowest BCUT2D eigenvalue weighted by molar-refractivity contribution is -0.143. The predicted octanol–water partition coefficient (Wildman–Crippen LogP) is -0.848. The smallest absolute Gasteiger partial charge is 0.333 e. The van der Waals surface area contributed by atoms with Crippen molar-refractivity contribution in [1.82, 2.24) is 5.32 Å². The molecule has 0 aliphatic heterocycles. The average Bonchev–Trinajstić information content (AvgIpc) is 2.24. The van der Waals surface area contributed by atoms with Crippen molar-refractivity contribution in [2.24, 2.45) is 5.73 Å². The summed E-state index contributed by atoms with van der Waals surface area (Å²) in [5.41, 5.74) is 5.09. The van der Waals surface area contributed by atoms with Gasteiger partial charge in [0, 0.05) is 12.1 Å². The zero-order chi connectivity index (χ0) is 13.3. The van der Waals surface area contributed by atoms with Crippen LogP contribution in [-0.2, 0) is 14.3 Å². The summed E-state index contributed by atoms with van der Waals surface area (Å²) < 4.78 is 9.71. The van der Waals surface area contributed by atoms with Gasteiger partial charge in [0.05, 0.1) is 13.2 Å². The number of primary amides is 1. The van der Waals surface area contributed by atoms with Crippen LogP contribution in [0.15, 0.2) is 12.2 Å². The van der Waals surface area contributed by atoms with E-state index in [9.17, 15) is 14.7 Å². The van der Waals surface area contributed by atoms with Crippen LogP contribution < -0.4 is 11.1 Å². The van der Waals surface area contributed by atoms with Crippen LogP contribution in [0.25, 0.3) is 0 Å². The number of ether oxygens (including phenoxy) is 2. The van der Waals surface area contributed by atoms with Crippen molar-refractivity contribution in [3.8, 4) is 0 Å². The molecule has 2 amide bonds. The van der Waals surface area contributed by atoms with E-state index < -0.39 is 18.1 Å². The standard InChI is InChI=1S/C10H18N2O5/c1-7(2)9(14)17-6-8(13)5-16-4-3-12-10(11)15/h8,13H,1,3-6H2,2H3,(H3,11,12,15). The average molecular weight is 246 g/mol. The van der Waals surface area contributed by atoms with Crippen LogP contribution in [0.5, 0.6) is 0 Å². The topological polar surface area (TPSA) is 111 Å². The van der Waals surface area contributed by atoms with E-state index in [0.717, 1.165) is 0 Å². The molecule has 7 heteroatoms. The van der Waals surface area contributed by atoms with Gasteiger partial charge in [0.15, 0.2) is 0 Å². The number of aliphatic hydroxyl groups is 1. The van der Waals surface area contributed by atoms with Gasteiger partial charge in [0.25, 0.3) is 0 Å². The van der Waals surface area contributed by atoms with Crippen molar-refractivity contribution < 1.29 is 24.2 Å². The van der Waals surface area contributed by atoms with E-state index in [2.05, 4.69) is 11.9 Å². The van der Waals surface area contributed by atoms with Crippen molar-refractivity contribution in [2.75, 3.05) is 26.4 Å². The molecule has 0 aromatic carbocycles. The summed E-state index contributed by atoms with van der Waals surface area (Å²) in [7, 11) is 0. The molecule has 0 aliphatic carbocycles. The van der Waals surface area contributed by atoms with Gasteiger partial charge in [0.2, 0.25) is 0 Å². The molecule has 1 atom stereocenters. The number of hydrogen-bond acceptors (Lipinski definition) is 5. The molecule has 7 nitrogen and oxygen atoms in total. The Hall–Kier alpha value is -1.60. The van der Waals surface area contributed by atoms with Crippen molar-refractivity contribution in [2.45, 2.75) is 13.0 Å². The highest BCUT2D eigenvalue weighted by Gasteiger charge is 2.09. The number of esters is 1. The summed E-state index contributed by atoms with van der Waals surface area (Å²) in [4.78, 5) is 21.2. The van der Waals surface area contributed by atoms with E-state index >= 15 is 0 Å². The number of urea groups is 1. The lowest BCUT2D eigenvalue weighted by Crippen LogP contribution is -2.33. The van der Waals surface area contributed by atoms with E-state index in [-0.39, 0.29) is 31.9 Å². The minimum Gasteiger partial charge on any atom is -0.460 e. The third kappa shape index (κ3) is 9.34. The van der Waals surface area contributed by atoms with Gasteiger partial charge in [-0.3, -0.25) is 0 Å². The van der Waals surface area contributed by atoms with Crippen LogP contribution in [0.4, 0.5) is 4.79 Å². The Balaban J connectivity index is 3.46.